The molecule has 0 aliphatic heterocycles. The van der Waals surface area contributed by atoms with Crippen molar-refractivity contribution in [2.24, 2.45) is 22.7 Å². The Labute approximate surface area is 116 Å². The molecule has 4 fully saturated rings. The summed E-state index contributed by atoms with van der Waals surface area (Å²) in [5.41, 5.74) is 0.678. The van der Waals surface area contributed by atoms with Gasteiger partial charge in [-0.3, -0.25) is 4.79 Å². The van der Waals surface area contributed by atoms with Crippen LogP contribution < -0.4 is 0 Å². The molecular weight excluding hydrogens is 236 g/mol. The summed E-state index contributed by atoms with van der Waals surface area (Å²) in [7, 11) is 0. The topological polar surface area (TPSA) is 37.3 Å². The van der Waals surface area contributed by atoms with Crippen molar-refractivity contribution in [1.82, 2.24) is 0 Å². The molecule has 2 nitrogen and oxygen atoms in total. The zero-order chi connectivity index (χ0) is 14.1. The number of carbonyl (C=O) groups is 1. The van der Waals surface area contributed by atoms with Crippen LogP contribution in [0.2, 0.25) is 0 Å². The molecule has 4 bridgehead atoms. The van der Waals surface area contributed by atoms with Gasteiger partial charge in [-0.2, -0.15) is 0 Å². The molecule has 0 aromatic carbocycles. The molecule has 0 heterocycles. The van der Waals surface area contributed by atoms with Crippen molar-refractivity contribution in [2.75, 3.05) is 0 Å². The number of hydrogen-bond acceptors (Lipinski definition) is 2. The number of aliphatic hydroxyl groups is 1. The Kier molecular flexibility index (Phi) is 2.62. The fourth-order valence-electron chi connectivity index (χ4n) is 6.09. The lowest BCUT2D eigenvalue weighted by molar-refractivity contribution is -0.219. The lowest BCUT2D eigenvalue weighted by Crippen LogP contribution is -2.62. The standard InChI is InChI=1S/C17H26O2/c1-11(2)14(18)5-13-12-6-15(3)8-16(13,4)10-17(19,7-12)9-15/h12-13,19H,1,5-10H2,2-4H3. The van der Waals surface area contributed by atoms with Gasteiger partial charge in [0.05, 0.1) is 5.60 Å². The molecular formula is C17H26O2. The van der Waals surface area contributed by atoms with Gasteiger partial charge in [-0.15, -0.1) is 0 Å². The highest BCUT2D eigenvalue weighted by molar-refractivity contribution is 5.94. The number of ketones is 1. The van der Waals surface area contributed by atoms with Gasteiger partial charge in [0, 0.05) is 6.42 Å². The third-order valence-electron chi connectivity index (χ3n) is 6.06. The van der Waals surface area contributed by atoms with Crippen LogP contribution in [0.4, 0.5) is 0 Å². The van der Waals surface area contributed by atoms with Crippen LogP contribution in [0.1, 0.15) is 59.3 Å². The van der Waals surface area contributed by atoms with E-state index in [1.54, 1.807) is 0 Å². The van der Waals surface area contributed by atoms with Crippen LogP contribution in [0, 0.1) is 22.7 Å². The van der Waals surface area contributed by atoms with E-state index >= 15 is 0 Å². The number of carbonyl (C=O) groups excluding carboxylic acids is 1. The molecule has 19 heavy (non-hydrogen) atoms. The van der Waals surface area contributed by atoms with Crippen LogP contribution >= 0.6 is 0 Å². The summed E-state index contributed by atoms with van der Waals surface area (Å²) in [5.74, 6) is 1.20. The van der Waals surface area contributed by atoms with Crippen molar-refractivity contribution in [3.63, 3.8) is 0 Å². The monoisotopic (exact) mass is 262 g/mol. The summed E-state index contributed by atoms with van der Waals surface area (Å²) in [5, 5.41) is 10.8. The predicted molar refractivity (Wildman–Crippen MR) is 75.7 cm³/mol. The number of allylic oxidation sites excluding steroid dienone is 1. The summed E-state index contributed by atoms with van der Waals surface area (Å²) < 4.78 is 0. The molecule has 0 spiro atoms. The van der Waals surface area contributed by atoms with Crippen LogP contribution in [0.25, 0.3) is 0 Å². The molecule has 4 aliphatic rings. The molecule has 106 valence electrons. The van der Waals surface area contributed by atoms with E-state index in [0.29, 0.717) is 29.2 Å². The highest BCUT2D eigenvalue weighted by atomic mass is 16.3. The zero-order valence-corrected chi connectivity index (χ0v) is 12.5. The first-order valence-corrected chi connectivity index (χ1v) is 7.56. The van der Waals surface area contributed by atoms with Crippen molar-refractivity contribution in [2.45, 2.75) is 64.9 Å². The molecule has 1 N–H and O–H groups in total. The SMILES string of the molecule is C=C(C)C(=O)CC1C2CC3(C)CC(O)(C2)CC1(C)C3. The molecule has 4 aliphatic carbocycles. The summed E-state index contributed by atoms with van der Waals surface area (Å²) in [6.45, 7) is 10.2. The van der Waals surface area contributed by atoms with Crippen molar-refractivity contribution in [3.05, 3.63) is 12.2 Å². The third kappa shape index (κ3) is 1.99. The molecule has 4 saturated carbocycles. The van der Waals surface area contributed by atoms with Gasteiger partial charge >= 0.3 is 0 Å². The van der Waals surface area contributed by atoms with Crippen LogP contribution in [0.15, 0.2) is 12.2 Å². The Hall–Kier alpha value is -0.630. The van der Waals surface area contributed by atoms with E-state index in [1.807, 2.05) is 6.92 Å². The second-order valence-electron chi connectivity index (χ2n) is 8.40. The first-order chi connectivity index (χ1) is 8.65. The zero-order valence-electron chi connectivity index (χ0n) is 12.5. The van der Waals surface area contributed by atoms with Gasteiger partial charge in [0.1, 0.15) is 0 Å². The first-order valence-electron chi connectivity index (χ1n) is 7.56. The van der Waals surface area contributed by atoms with Crippen LogP contribution in [-0.2, 0) is 4.79 Å². The van der Waals surface area contributed by atoms with E-state index < -0.39 is 5.60 Å². The lowest BCUT2D eigenvalue weighted by Gasteiger charge is -2.67. The van der Waals surface area contributed by atoms with Crippen molar-refractivity contribution < 1.29 is 9.90 Å². The van der Waals surface area contributed by atoms with E-state index in [0.717, 1.165) is 19.3 Å². The van der Waals surface area contributed by atoms with E-state index in [1.165, 1.54) is 12.8 Å². The van der Waals surface area contributed by atoms with Gasteiger partial charge in [0.15, 0.2) is 5.78 Å². The van der Waals surface area contributed by atoms with E-state index in [2.05, 4.69) is 20.4 Å². The summed E-state index contributed by atoms with van der Waals surface area (Å²) in [6, 6.07) is 0. The van der Waals surface area contributed by atoms with E-state index in [-0.39, 0.29) is 11.2 Å². The summed E-state index contributed by atoms with van der Waals surface area (Å²) >= 11 is 0. The first kappa shape index (κ1) is 13.4. The maximum atomic E-state index is 12.1. The van der Waals surface area contributed by atoms with Crippen LogP contribution in [0.5, 0.6) is 0 Å². The molecule has 0 aromatic heterocycles. The van der Waals surface area contributed by atoms with E-state index in [9.17, 15) is 9.90 Å². The quantitative estimate of drug-likeness (QED) is 0.791. The van der Waals surface area contributed by atoms with Crippen molar-refractivity contribution >= 4 is 5.78 Å². The average Bonchev–Trinajstić information content (AvgIpc) is 2.18. The molecule has 0 radical (unpaired) electrons. The van der Waals surface area contributed by atoms with Crippen molar-refractivity contribution in [3.8, 4) is 0 Å². The molecule has 0 saturated heterocycles. The normalized spacial score (nSPS) is 51.4. The average molecular weight is 262 g/mol. The fraction of sp³-hybridized carbons (Fsp3) is 0.824. The summed E-state index contributed by atoms with van der Waals surface area (Å²) in [6.07, 6.45) is 5.77. The minimum Gasteiger partial charge on any atom is -0.390 e. The number of hydrogen-bond donors (Lipinski definition) is 1. The molecule has 4 rings (SSSR count). The highest BCUT2D eigenvalue weighted by Crippen LogP contribution is 2.69. The molecule has 2 heteroatoms. The third-order valence-corrected chi connectivity index (χ3v) is 6.06. The maximum absolute atomic E-state index is 12.1. The molecule has 0 aromatic rings. The van der Waals surface area contributed by atoms with Gasteiger partial charge in [-0.25, -0.2) is 0 Å². The number of Topliss-reactive ketones (excluding diaryl/α,β-unsaturated/α-hetero) is 1. The Morgan fingerprint density at radius 1 is 1.26 bits per heavy atom. The lowest BCUT2D eigenvalue weighted by atomic mass is 9.39. The minimum absolute atomic E-state index is 0.147. The predicted octanol–water partition coefficient (Wildman–Crippen LogP) is 3.49. The fourth-order valence-corrected chi connectivity index (χ4v) is 6.09. The second-order valence-corrected chi connectivity index (χ2v) is 8.40. The molecule has 5 unspecified atom stereocenters. The second kappa shape index (κ2) is 3.72. The Balaban J connectivity index is 1.89. The van der Waals surface area contributed by atoms with Gasteiger partial charge in [-0.05, 0) is 67.3 Å². The van der Waals surface area contributed by atoms with Gasteiger partial charge in [-0.1, -0.05) is 20.4 Å². The maximum Gasteiger partial charge on any atom is 0.158 e. The highest BCUT2D eigenvalue weighted by Gasteiger charge is 2.63. The minimum atomic E-state index is -0.451. The Bertz CT molecular complexity index is 432. The van der Waals surface area contributed by atoms with Crippen LogP contribution in [-0.4, -0.2) is 16.5 Å². The Morgan fingerprint density at radius 3 is 2.47 bits per heavy atom. The van der Waals surface area contributed by atoms with Gasteiger partial charge in [0.2, 0.25) is 0 Å². The number of rotatable bonds is 3. The largest absolute Gasteiger partial charge is 0.390 e. The summed E-state index contributed by atoms with van der Waals surface area (Å²) in [4.78, 5) is 12.1. The smallest absolute Gasteiger partial charge is 0.158 e. The van der Waals surface area contributed by atoms with Crippen LogP contribution in [0.3, 0.4) is 0 Å². The molecule has 0 amide bonds. The van der Waals surface area contributed by atoms with E-state index in [4.69, 9.17) is 0 Å². The molecule has 5 atom stereocenters. The van der Waals surface area contributed by atoms with Gasteiger partial charge in [0.25, 0.3) is 0 Å². The van der Waals surface area contributed by atoms with Crippen molar-refractivity contribution in [1.29, 1.82) is 0 Å². The van der Waals surface area contributed by atoms with Gasteiger partial charge < -0.3 is 5.11 Å². The Morgan fingerprint density at radius 2 is 1.95 bits per heavy atom.